The van der Waals surface area contributed by atoms with Crippen molar-refractivity contribution in [2.45, 2.75) is 13.8 Å². The van der Waals surface area contributed by atoms with Crippen LogP contribution in [0.5, 0.6) is 5.88 Å². The van der Waals surface area contributed by atoms with Crippen LogP contribution in [-0.4, -0.2) is 16.9 Å². The van der Waals surface area contributed by atoms with E-state index in [2.05, 4.69) is 11.2 Å². The third-order valence-corrected chi connectivity index (χ3v) is 2.29. The highest BCUT2D eigenvalue weighted by Gasteiger charge is 2.10. The second-order valence-electron chi connectivity index (χ2n) is 3.42. The number of nitriles is 1. The standard InChI is InChI=1S/C12H11N3O.C2H6/c1-15-8-11(12(14-15)16-2)10-5-3-4-9(6-10)7-13;1-2/h3-6,8H,1-2H3;1-2H3. The fourth-order valence-corrected chi connectivity index (χ4v) is 1.57. The molecule has 1 aromatic carbocycles. The van der Waals surface area contributed by atoms with E-state index in [0.29, 0.717) is 11.4 Å². The fraction of sp³-hybridized carbons (Fsp3) is 0.286. The van der Waals surface area contributed by atoms with Gasteiger partial charge in [0.1, 0.15) is 0 Å². The molecule has 2 rings (SSSR count). The molecule has 2 aromatic rings. The second kappa shape index (κ2) is 6.45. The molecule has 0 N–H and O–H groups in total. The summed E-state index contributed by atoms with van der Waals surface area (Å²) in [5.41, 5.74) is 2.45. The predicted molar refractivity (Wildman–Crippen MR) is 71.3 cm³/mol. The number of rotatable bonds is 2. The Labute approximate surface area is 107 Å². The van der Waals surface area contributed by atoms with Crippen molar-refractivity contribution < 1.29 is 4.74 Å². The first kappa shape index (κ1) is 13.8. The van der Waals surface area contributed by atoms with Crippen LogP contribution in [-0.2, 0) is 7.05 Å². The van der Waals surface area contributed by atoms with Crippen molar-refractivity contribution in [3.8, 4) is 23.1 Å². The molecule has 0 radical (unpaired) electrons. The smallest absolute Gasteiger partial charge is 0.240 e. The summed E-state index contributed by atoms with van der Waals surface area (Å²) in [6.07, 6.45) is 1.87. The molecule has 0 fully saturated rings. The van der Waals surface area contributed by atoms with Gasteiger partial charge in [-0.1, -0.05) is 26.0 Å². The van der Waals surface area contributed by atoms with Crippen molar-refractivity contribution >= 4 is 0 Å². The van der Waals surface area contributed by atoms with Crippen LogP contribution in [0.25, 0.3) is 11.1 Å². The first-order valence-electron chi connectivity index (χ1n) is 5.83. The summed E-state index contributed by atoms with van der Waals surface area (Å²) < 4.78 is 6.87. The van der Waals surface area contributed by atoms with Crippen LogP contribution in [0.2, 0.25) is 0 Å². The summed E-state index contributed by atoms with van der Waals surface area (Å²) >= 11 is 0. The third kappa shape index (κ3) is 2.89. The third-order valence-electron chi connectivity index (χ3n) is 2.29. The monoisotopic (exact) mass is 243 g/mol. The van der Waals surface area contributed by atoms with Crippen LogP contribution in [0.15, 0.2) is 30.5 Å². The van der Waals surface area contributed by atoms with Gasteiger partial charge in [0.05, 0.1) is 24.3 Å². The zero-order valence-corrected chi connectivity index (χ0v) is 11.1. The highest BCUT2D eigenvalue weighted by atomic mass is 16.5. The number of benzene rings is 1. The molecular weight excluding hydrogens is 226 g/mol. The SMILES string of the molecule is CC.COc1nn(C)cc1-c1cccc(C#N)c1. The minimum absolute atomic E-state index is 0.567. The van der Waals surface area contributed by atoms with Gasteiger partial charge < -0.3 is 4.74 Å². The molecule has 0 spiro atoms. The van der Waals surface area contributed by atoms with Crippen molar-refractivity contribution in [3.63, 3.8) is 0 Å². The molecule has 0 amide bonds. The van der Waals surface area contributed by atoms with Gasteiger partial charge in [0, 0.05) is 13.2 Å². The predicted octanol–water partition coefficient (Wildman–Crippen LogP) is 2.99. The summed E-state index contributed by atoms with van der Waals surface area (Å²) in [5.74, 6) is 0.567. The average Bonchev–Trinajstić information content (AvgIpc) is 2.82. The number of hydrogen-bond donors (Lipinski definition) is 0. The van der Waals surface area contributed by atoms with E-state index in [0.717, 1.165) is 11.1 Å². The van der Waals surface area contributed by atoms with E-state index >= 15 is 0 Å². The molecule has 4 heteroatoms. The van der Waals surface area contributed by atoms with E-state index in [1.54, 1.807) is 17.9 Å². The van der Waals surface area contributed by atoms with Crippen molar-refractivity contribution in [2.24, 2.45) is 7.05 Å². The number of aryl methyl sites for hydroxylation is 1. The summed E-state index contributed by atoms with van der Waals surface area (Å²) in [5, 5.41) is 13.0. The lowest BCUT2D eigenvalue weighted by Crippen LogP contribution is -1.89. The van der Waals surface area contributed by atoms with Gasteiger partial charge in [0.25, 0.3) is 0 Å². The highest BCUT2D eigenvalue weighted by molar-refractivity contribution is 5.69. The Morgan fingerprint density at radius 2 is 2.06 bits per heavy atom. The molecule has 0 bridgehead atoms. The molecule has 94 valence electrons. The number of methoxy groups -OCH3 is 1. The normalized spacial score (nSPS) is 9.06. The number of ether oxygens (including phenoxy) is 1. The summed E-state index contributed by atoms with van der Waals surface area (Å²) in [6, 6.07) is 9.48. The van der Waals surface area contributed by atoms with E-state index in [1.807, 2.05) is 45.3 Å². The van der Waals surface area contributed by atoms with E-state index in [1.165, 1.54) is 0 Å². The summed E-state index contributed by atoms with van der Waals surface area (Å²) in [7, 11) is 3.42. The van der Waals surface area contributed by atoms with Crippen LogP contribution in [0, 0.1) is 11.3 Å². The van der Waals surface area contributed by atoms with Crippen LogP contribution < -0.4 is 4.74 Å². The zero-order chi connectivity index (χ0) is 13.5. The highest BCUT2D eigenvalue weighted by Crippen LogP contribution is 2.28. The first-order chi connectivity index (χ1) is 8.74. The molecule has 1 aromatic heterocycles. The number of nitrogens with zero attached hydrogens (tertiary/aromatic N) is 3. The van der Waals surface area contributed by atoms with Crippen LogP contribution in [0.4, 0.5) is 0 Å². The lowest BCUT2D eigenvalue weighted by atomic mass is 10.1. The Kier molecular flexibility index (Phi) is 4.94. The molecule has 1 heterocycles. The maximum atomic E-state index is 8.84. The molecule has 0 atom stereocenters. The molecule has 0 saturated carbocycles. The fourth-order valence-electron chi connectivity index (χ4n) is 1.57. The maximum Gasteiger partial charge on any atom is 0.240 e. The number of hydrogen-bond acceptors (Lipinski definition) is 3. The topological polar surface area (TPSA) is 50.8 Å². The quantitative estimate of drug-likeness (QED) is 0.814. The van der Waals surface area contributed by atoms with Crippen LogP contribution in [0.3, 0.4) is 0 Å². The van der Waals surface area contributed by atoms with Gasteiger partial charge in [0.2, 0.25) is 5.88 Å². The Morgan fingerprint density at radius 3 is 2.67 bits per heavy atom. The van der Waals surface area contributed by atoms with Gasteiger partial charge in [-0.05, 0) is 17.7 Å². The molecule has 0 aliphatic carbocycles. The minimum atomic E-state index is 0.567. The molecule has 0 unspecified atom stereocenters. The van der Waals surface area contributed by atoms with E-state index < -0.39 is 0 Å². The zero-order valence-electron chi connectivity index (χ0n) is 11.1. The van der Waals surface area contributed by atoms with Crippen molar-refractivity contribution in [2.75, 3.05) is 7.11 Å². The van der Waals surface area contributed by atoms with Gasteiger partial charge in [-0.3, -0.25) is 4.68 Å². The van der Waals surface area contributed by atoms with Gasteiger partial charge in [-0.15, -0.1) is 5.10 Å². The lowest BCUT2D eigenvalue weighted by molar-refractivity contribution is 0.393. The number of aromatic nitrogens is 2. The Morgan fingerprint density at radius 1 is 1.33 bits per heavy atom. The lowest BCUT2D eigenvalue weighted by Gasteiger charge is -2.00. The summed E-state index contributed by atoms with van der Waals surface area (Å²) in [6.45, 7) is 4.00. The van der Waals surface area contributed by atoms with Crippen LogP contribution >= 0.6 is 0 Å². The van der Waals surface area contributed by atoms with E-state index in [-0.39, 0.29) is 0 Å². The second-order valence-corrected chi connectivity index (χ2v) is 3.42. The van der Waals surface area contributed by atoms with Crippen molar-refractivity contribution in [1.29, 1.82) is 5.26 Å². The maximum absolute atomic E-state index is 8.84. The Bertz CT molecular complexity index is 552. The molecule has 18 heavy (non-hydrogen) atoms. The minimum Gasteiger partial charge on any atom is -0.479 e. The van der Waals surface area contributed by atoms with Crippen molar-refractivity contribution in [3.05, 3.63) is 36.0 Å². The Hall–Kier alpha value is -2.28. The molecule has 0 aliphatic heterocycles. The largest absolute Gasteiger partial charge is 0.479 e. The average molecular weight is 243 g/mol. The molecular formula is C14H17N3O. The van der Waals surface area contributed by atoms with Gasteiger partial charge in [-0.25, -0.2) is 0 Å². The molecule has 0 saturated heterocycles. The first-order valence-corrected chi connectivity index (χ1v) is 5.83. The Balaban J connectivity index is 0.000000771. The van der Waals surface area contributed by atoms with Gasteiger partial charge in [0.15, 0.2) is 0 Å². The van der Waals surface area contributed by atoms with E-state index in [4.69, 9.17) is 10.00 Å². The van der Waals surface area contributed by atoms with Crippen molar-refractivity contribution in [1.82, 2.24) is 9.78 Å². The summed E-state index contributed by atoms with van der Waals surface area (Å²) in [4.78, 5) is 0. The van der Waals surface area contributed by atoms with E-state index in [9.17, 15) is 0 Å². The molecule has 4 nitrogen and oxygen atoms in total. The van der Waals surface area contributed by atoms with Gasteiger partial charge in [-0.2, -0.15) is 5.26 Å². The molecule has 0 aliphatic rings. The van der Waals surface area contributed by atoms with Gasteiger partial charge >= 0.3 is 0 Å². The van der Waals surface area contributed by atoms with Crippen LogP contribution in [0.1, 0.15) is 19.4 Å².